The van der Waals surface area contributed by atoms with E-state index in [9.17, 15) is 0 Å². The highest BCUT2D eigenvalue weighted by Gasteiger charge is 2.42. The molecule has 0 saturated heterocycles. The highest BCUT2D eigenvalue weighted by Crippen LogP contribution is 2.51. The monoisotopic (exact) mass is 540 g/mol. The molecule has 152 valence electrons. The van der Waals surface area contributed by atoms with Crippen molar-refractivity contribution >= 4 is 68.0 Å². The fourth-order valence-corrected chi connectivity index (χ4v) is 4.94. The first-order valence-electron chi connectivity index (χ1n) is 9.13. The maximum Gasteiger partial charge on any atom is 0.214 e. The van der Waals surface area contributed by atoms with E-state index in [1.165, 1.54) is 0 Å². The van der Waals surface area contributed by atoms with Gasteiger partial charge in [0.25, 0.3) is 0 Å². The van der Waals surface area contributed by atoms with E-state index in [-0.39, 0.29) is 6.04 Å². The molecule has 0 bridgehead atoms. The van der Waals surface area contributed by atoms with Gasteiger partial charge in [-0.1, -0.05) is 80.5 Å². The first kappa shape index (κ1) is 20.5. The number of halogens is 5. The van der Waals surface area contributed by atoms with E-state index in [2.05, 4.69) is 15.9 Å². The molecule has 2 aliphatic heterocycles. The lowest BCUT2D eigenvalue weighted by molar-refractivity contribution is -0.0189. The summed E-state index contributed by atoms with van der Waals surface area (Å²) in [5, 5.41) is 8.85. The van der Waals surface area contributed by atoms with Gasteiger partial charge in [-0.3, -0.25) is 0 Å². The van der Waals surface area contributed by atoms with Gasteiger partial charge in [-0.2, -0.15) is 5.10 Å². The van der Waals surface area contributed by atoms with Crippen molar-refractivity contribution in [3.8, 4) is 5.75 Å². The molecule has 0 aliphatic carbocycles. The van der Waals surface area contributed by atoms with Gasteiger partial charge in [0.05, 0.1) is 26.8 Å². The number of rotatable bonds is 2. The summed E-state index contributed by atoms with van der Waals surface area (Å²) < 4.78 is 7.35. The second-order valence-electron chi connectivity index (χ2n) is 7.10. The molecule has 8 heteroatoms. The van der Waals surface area contributed by atoms with Crippen LogP contribution in [0.5, 0.6) is 5.75 Å². The van der Waals surface area contributed by atoms with Gasteiger partial charge in [-0.15, -0.1) is 0 Å². The minimum absolute atomic E-state index is 0.0666. The van der Waals surface area contributed by atoms with Gasteiger partial charge in [0.2, 0.25) is 6.23 Å². The molecule has 3 aromatic carbocycles. The SMILES string of the molecule is Clc1cc(Cl)c2c(c1)C1CC(c3ccc(Br)cc3)=NN1C(c1ccc(Cl)c(Cl)c1)O2. The first-order valence-corrected chi connectivity index (χ1v) is 11.4. The summed E-state index contributed by atoms with van der Waals surface area (Å²) in [5.41, 5.74) is 3.77. The third-order valence-corrected chi connectivity index (χ3v) is 6.98. The molecule has 0 spiro atoms. The van der Waals surface area contributed by atoms with Crippen LogP contribution in [0.2, 0.25) is 20.1 Å². The van der Waals surface area contributed by atoms with Crippen LogP contribution in [-0.4, -0.2) is 10.7 Å². The van der Waals surface area contributed by atoms with Gasteiger partial charge in [0.1, 0.15) is 5.75 Å². The molecule has 0 N–H and O–H groups in total. The van der Waals surface area contributed by atoms with Gasteiger partial charge in [0, 0.05) is 27.0 Å². The Bertz CT molecular complexity index is 1180. The number of hydrazone groups is 1. The maximum absolute atomic E-state index is 6.50. The van der Waals surface area contributed by atoms with Crippen molar-refractivity contribution in [2.45, 2.75) is 18.7 Å². The molecule has 2 atom stereocenters. The van der Waals surface area contributed by atoms with Gasteiger partial charge in [-0.25, -0.2) is 5.01 Å². The molecule has 3 aromatic rings. The molecule has 0 aromatic heterocycles. The lowest BCUT2D eigenvalue weighted by atomic mass is 9.96. The Morgan fingerprint density at radius 2 is 1.67 bits per heavy atom. The molecule has 2 unspecified atom stereocenters. The van der Waals surface area contributed by atoms with Crippen LogP contribution in [-0.2, 0) is 0 Å². The van der Waals surface area contributed by atoms with Crippen LogP contribution in [0.3, 0.4) is 0 Å². The van der Waals surface area contributed by atoms with Crippen LogP contribution in [0, 0.1) is 0 Å². The van der Waals surface area contributed by atoms with Crippen molar-refractivity contribution in [3.63, 3.8) is 0 Å². The number of fused-ring (bicyclic) bond motifs is 3. The Labute approximate surface area is 202 Å². The molecule has 3 nitrogen and oxygen atoms in total. The van der Waals surface area contributed by atoms with E-state index in [1.807, 2.05) is 41.4 Å². The summed E-state index contributed by atoms with van der Waals surface area (Å²) in [6.07, 6.45) is 0.204. The summed E-state index contributed by atoms with van der Waals surface area (Å²) >= 11 is 28.7. The molecule has 0 amide bonds. The summed E-state index contributed by atoms with van der Waals surface area (Å²) in [6, 6.07) is 17.1. The van der Waals surface area contributed by atoms with E-state index in [1.54, 1.807) is 18.2 Å². The lowest BCUT2D eigenvalue weighted by Crippen LogP contribution is -2.33. The van der Waals surface area contributed by atoms with Crippen LogP contribution >= 0.6 is 62.3 Å². The van der Waals surface area contributed by atoms with Crippen molar-refractivity contribution in [1.29, 1.82) is 0 Å². The Kier molecular flexibility index (Phi) is 5.41. The predicted molar refractivity (Wildman–Crippen MR) is 126 cm³/mol. The maximum atomic E-state index is 6.50. The predicted octanol–water partition coefficient (Wildman–Crippen LogP) is 8.31. The quantitative estimate of drug-likeness (QED) is 0.325. The summed E-state index contributed by atoms with van der Waals surface area (Å²) in [4.78, 5) is 0. The van der Waals surface area contributed by atoms with Crippen LogP contribution in [0.15, 0.2) is 64.2 Å². The molecular weight excluding hydrogens is 530 g/mol. The molecular formula is C22H13BrCl4N2O. The number of nitrogens with zero attached hydrogens (tertiary/aromatic N) is 2. The van der Waals surface area contributed by atoms with Crippen LogP contribution in [0.25, 0.3) is 0 Å². The molecule has 30 heavy (non-hydrogen) atoms. The van der Waals surface area contributed by atoms with Gasteiger partial charge in [-0.05, 0) is 42.0 Å². The minimum atomic E-state index is -0.496. The third-order valence-electron chi connectivity index (χ3n) is 5.21. The zero-order chi connectivity index (χ0) is 21.0. The summed E-state index contributed by atoms with van der Waals surface area (Å²) in [6.45, 7) is 0. The van der Waals surface area contributed by atoms with E-state index in [4.69, 9.17) is 56.2 Å². The minimum Gasteiger partial charge on any atom is -0.463 e. The fraction of sp³-hybridized carbons (Fsp3) is 0.136. The lowest BCUT2D eigenvalue weighted by Gasteiger charge is -2.38. The van der Waals surface area contributed by atoms with E-state index in [0.717, 1.165) is 26.9 Å². The third kappa shape index (κ3) is 3.59. The highest BCUT2D eigenvalue weighted by molar-refractivity contribution is 9.10. The topological polar surface area (TPSA) is 24.8 Å². The zero-order valence-electron chi connectivity index (χ0n) is 15.3. The van der Waals surface area contributed by atoms with E-state index < -0.39 is 6.23 Å². The number of hydrogen-bond donors (Lipinski definition) is 0. The van der Waals surface area contributed by atoms with Crippen molar-refractivity contribution in [2.24, 2.45) is 5.10 Å². The second kappa shape index (κ2) is 7.92. The van der Waals surface area contributed by atoms with Crippen LogP contribution < -0.4 is 4.74 Å². The highest BCUT2D eigenvalue weighted by atomic mass is 79.9. The number of benzene rings is 3. The Balaban J connectivity index is 1.63. The van der Waals surface area contributed by atoms with E-state index >= 15 is 0 Å². The van der Waals surface area contributed by atoms with Crippen LogP contribution in [0.1, 0.15) is 35.4 Å². The summed E-state index contributed by atoms with van der Waals surface area (Å²) in [5.74, 6) is 0.616. The van der Waals surface area contributed by atoms with Crippen molar-refractivity contribution < 1.29 is 4.74 Å². The average Bonchev–Trinajstić information content (AvgIpc) is 3.16. The molecule has 2 heterocycles. The number of hydrogen-bond acceptors (Lipinski definition) is 3. The van der Waals surface area contributed by atoms with Gasteiger partial charge >= 0.3 is 0 Å². The standard InChI is InChI=1S/C22H13BrCl4N2O/c23-13-4-1-11(2-5-13)19-10-20-15-8-14(24)9-18(27)21(15)30-22(29(20)28-19)12-3-6-16(25)17(26)7-12/h1-9,20,22H,10H2. The molecule has 2 aliphatic rings. The Hall–Kier alpha value is -1.43. The van der Waals surface area contributed by atoms with Crippen molar-refractivity contribution in [2.75, 3.05) is 0 Å². The molecule has 0 radical (unpaired) electrons. The average molecular weight is 543 g/mol. The summed E-state index contributed by atoms with van der Waals surface area (Å²) in [7, 11) is 0. The largest absolute Gasteiger partial charge is 0.463 e. The van der Waals surface area contributed by atoms with Crippen molar-refractivity contribution in [1.82, 2.24) is 5.01 Å². The van der Waals surface area contributed by atoms with Gasteiger partial charge in [0.15, 0.2) is 0 Å². The Morgan fingerprint density at radius 3 is 2.40 bits per heavy atom. The fourth-order valence-electron chi connectivity index (χ4n) is 3.82. The smallest absolute Gasteiger partial charge is 0.214 e. The molecule has 0 saturated carbocycles. The zero-order valence-corrected chi connectivity index (χ0v) is 19.9. The molecule has 0 fully saturated rings. The first-order chi connectivity index (χ1) is 14.4. The number of ether oxygens (including phenoxy) is 1. The van der Waals surface area contributed by atoms with E-state index in [0.29, 0.717) is 32.3 Å². The van der Waals surface area contributed by atoms with Gasteiger partial charge < -0.3 is 4.74 Å². The Morgan fingerprint density at radius 1 is 0.900 bits per heavy atom. The normalized spacial score (nSPS) is 19.8. The van der Waals surface area contributed by atoms with Crippen LogP contribution in [0.4, 0.5) is 0 Å². The second-order valence-corrected chi connectivity index (χ2v) is 9.68. The molecule has 5 rings (SSSR count). The van der Waals surface area contributed by atoms with Crippen molar-refractivity contribution in [3.05, 3.63) is 95.9 Å².